The van der Waals surface area contributed by atoms with Crippen LogP contribution in [0.1, 0.15) is 78.7 Å². The molecule has 0 aliphatic carbocycles. The topological polar surface area (TPSA) is 120 Å². The molecule has 9 nitrogen and oxygen atoms in total. The molecule has 0 spiro atoms. The lowest BCUT2D eigenvalue weighted by Gasteiger charge is -2.38. The van der Waals surface area contributed by atoms with E-state index >= 15 is 0 Å². The van der Waals surface area contributed by atoms with Crippen molar-refractivity contribution in [1.82, 2.24) is 15.7 Å². The van der Waals surface area contributed by atoms with Crippen LogP contribution < -0.4 is 10.8 Å². The maximum absolute atomic E-state index is 12.2. The molecule has 43 heavy (non-hydrogen) atoms. The van der Waals surface area contributed by atoms with Crippen molar-refractivity contribution in [2.75, 3.05) is 13.6 Å². The summed E-state index contributed by atoms with van der Waals surface area (Å²) in [4.78, 5) is 25.6. The Kier molecular flexibility index (Phi) is 12.7. The zero-order valence-corrected chi connectivity index (χ0v) is 24.8. The molecule has 1 aliphatic rings. The van der Waals surface area contributed by atoms with E-state index in [9.17, 15) is 14.7 Å². The Morgan fingerprint density at radius 1 is 0.814 bits per heavy atom. The van der Waals surface area contributed by atoms with Crippen LogP contribution in [0, 0.1) is 0 Å². The minimum atomic E-state index is -0.539. The Balaban J connectivity index is 1.34. The van der Waals surface area contributed by atoms with E-state index in [0.717, 1.165) is 41.8 Å². The molecule has 3 aromatic rings. The van der Waals surface area contributed by atoms with E-state index in [0.29, 0.717) is 32.2 Å². The van der Waals surface area contributed by atoms with Gasteiger partial charge >= 0.3 is 0 Å². The number of aliphatic hydroxyl groups excluding tert-OH is 1. The number of hydrogen-bond acceptors (Lipinski definition) is 7. The van der Waals surface area contributed by atoms with E-state index < -0.39 is 12.2 Å². The molecular formula is C34H43N3O6. The van der Waals surface area contributed by atoms with Crippen molar-refractivity contribution in [3.63, 3.8) is 0 Å². The average Bonchev–Trinajstić information content (AvgIpc) is 3.04. The lowest BCUT2D eigenvalue weighted by molar-refractivity contribution is -0.252. The molecular weight excluding hydrogens is 546 g/mol. The van der Waals surface area contributed by atoms with Gasteiger partial charge in [0.1, 0.15) is 0 Å². The molecule has 230 valence electrons. The maximum atomic E-state index is 12.2. The van der Waals surface area contributed by atoms with Crippen LogP contribution in [0.5, 0.6) is 0 Å². The number of amides is 2. The summed E-state index contributed by atoms with van der Waals surface area (Å²) < 4.78 is 13.0. The van der Waals surface area contributed by atoms with Crippen LogP contribution in [-0.2, 0) is 38.8 Å². The molecule has 3 atom stereocenters. The fraction of sp³-hybridized carbons (Fsp3) is 0.412. The van der Waals surface area contributed by atoms with E-state index in [-0.39, 0.29) is 31.1 Å². The number of rotatable bonds is 15. The van der Waals surface area contributed by atoms with Crippen molar-refractivity contribution in [2.24, 2.45) is 0 Å². The summed E-state index contributed by atoms with van der Waals surface area (Å²) in [5.41, 5.74) is 6.67. The Morgan fingerprint density at radius 3 is 2.14 bits per heavy atom. The third-order valence-electron chi connectivity index (χ3n) is 7.60. The van der Waals surface area contributed by atoms with Gasteiger partial charge in [0, 0.05) is 44.5 Å². The molecule has 2 amide bonds. The number of unbranched alkanes of at least 4 members (excludes halogenated alkanes) is 2. The van der Waals surface area contributed by atoms with Crippen LogP contribution in [0.25, 0.3) is 0 Å². The molecule has 4 rings (SSSR count). The van der Waals surface area contributed by atoms with Crippen LogP contribution in [-0.4, -0.2) is 46.7 Å². The summed E-state index contributed by atoms with van der Waals surface area (Å²) in [6.45, 7) is 2.00. The summed E-state index contributed by atoms with van der Waals surface area (Å²) in [6, 6.07) is 26.2. The molecule has 0 aromatic heterocycles. The normalized spacial score (nSPS) is 18.4. The number of nitrogens with zero attached hydrogens (tertiary/aromatic N) is 1. The van der Waals surface area contributed by atoms with E-state index in [1.807, 2.05) is 54.6 Å². The Hall–Kier alpha value is -3.60. The van der Waals surface area contributed by atoms with Gasteiger partial charge in [-0.15, -0.1) is 0 Å². The first-order chi connectivity index (χ1) is 20.9. The highest BCUT2D eigenvalue weighted by Crippen LogP contribution is 2.38. The summed E-state index contributed by atoms with van der Waals surface area (Å²) in [7, 11) is 2.10. The number of hydrogen-bond donors (Lipinski definition) is 4. The van der Waals surface area contributed by atoms with Crippen molar-refractivity contribution in [1.29, 1.82) is 0 Å². The molecule has 0 radical (unpaired) electrons. The summed E-state index contributed by atoms with van der Waals surface area (Å²) in [5, 5.41) is 20.9. The predicted octanol–water partition coefficient (Wildman–Crippen LogP) is 4.93. The second kappa shape index (κ2) is 16.9. The van der Waals surface area contributed by atoms with Gasteiger partial charge in [-0.05, 0) is 42.1 Å². The van der Waals surface area contributed by atoms with Crippen molar-refractivity contribution in [3.05, 3.63) is 107 Å². The quantitative estimate of drug-likeness (QED) is 0.113. The number of benzene rings is 3. The fourth-order valence-corrected chi connectivity index (χ4v) is 5.23. The van der Waals surface area contributed by atoms with E-state index in [4.69, 9.17) is 14.7 Å². The lowest BCUT2D eigenvalue weighted by Crippen LogP contribution is -2.37. The number of ether oxygens (including phenoxy) is 2. The molecule has 0 bridgehead atoms. The monoisotopic (exact) mass is 589 g/mol. The van der Waals surface area contributed by atoms with Crippen molar-refractivity contribution in [3.8, 4) is 0 Å². The maximum Gasteiger partial charge on any atom is 0.243 e. The minimum absolute atomic E-state index is 0.00273. The largest absolute Gasteiger partial charge is 0.392 e. The number of carbonyl (C=O) groups excluding carboxylic acids is 2. The molecule has 1 fully saturated rings. The molecule has 9 heteroatoms. The third-order valence-corrected chi connectivity index (χ3v) is 7.60. The zero-order valence-electron chi connectivity index (χ0n) is 24.8. The first-order valence-corrected chi connectivity index (χ1v) is 14.9. The van der Waals surface area contributed by atoms with Gasteiger partial charge in [-0.25, -0.2) is 5.48 Å². The van der Waals surface area contributed by atoms with Gasteiger partial charge in [0.2, 0.25) is 11.8 Å². The van der Waals surface area contributed by atoms with E-state index in [1.54, 1.807) is 5.48 Å². The molecule has 3 aromatic carbocycles. The predicted molar refractivity (Wildman–Crippen MR) is 163 cm³/mol. The lowest BCUT2D eigenvalue weighted by atomic mass is 9.99. The first-order valence-electron chi connectivity index (χ1n) is 14.9. The number of likely N-dealkylation sites (N-methyl/N-ethyl adjacent to an activating group) is 1. The first kappa shape index (κ1) is 32.3. The molecule has 0 saturated carbocycles. The van der Waals surface area contributed by atoms with Gasteiger partial charge < -0.3 is 19.9 Å². The van der Waals surface area contributed by atoms with Crippen LogP contribution >= 0.6 is 0 Å². The van der Waals surface area contributed by atoms with E-state index in [1.165, 1.54) is 5.56 Å². The highest BCUT2D eigenvalue weighted by atomic mass is 16.7. The molecule has 1 heterocycles. The van der Waals surface area contributed by atoms with Gasteiger partial charge in [0.15, 0.2) is 6.29 Å². The van der Waals surface area contributed by atoms with Crippen molar-refractivity contribution >= 4 is 11.8 Å². The highest BCUT2D eigenvalue weighted by molar-refractivity contribution is 5.76. The Labute approximate surface area is 253 Å². The third kappa shape index (κ3) is 10.6. The molecule has 1 saturated heterocycles. The number of nitrogens with one attached hydrogen (secondary N) is 2. The van der Waals surface area contributed by atoms with Gasteiger partial charge in [-0.3, -0.25) is 19.7 Å². The highest BCUT2D eigenvalue weighted by Gasteiger charge is 2.32. The van der Waals surface area contributed by atoms with Gasteiger partial charge in [-0.2, -0.15) is 0 Å². The van der Waals surface area contributed by atoms with Gasteiger partial charge in [0.05, 0.1) is 18.8 Å². The van der Waals surface area contributed by atoms with E-state index in [2.05, 4.69) is 41.5 Å². The van der Waals surface area contributed by atoms with Crippen LogP contribution in [0.3, 0.4) is 0 Å². The smallest absolute Gasteiger partial charge is 0.243 e. The standard InChI is InChI=1S/C34H43N3O6/c1-37(22-26-8-4-2-5-9-26)23-30-20-31(28-16-14-27(24-38)15-17-28)43-34(42-30)29-18-12-25(13-19-29)21-35-32(39)10-6-3-7-11-33(40)36-41/h2,4-5,8-9,12-19,30-31,34,38,41H,3,6-7,10-11,20-24H2,1H3,(H,35,39)(H,36,40)/t30-,31+,34+/m0/s1. The number of carbonyl (C=O) groups is 2. The summed E-state index contributed by atoms with van der Waals surface area (Å²) in [5.74, 6) is -0.442. The average molecular weight is 590 g/mol. The van der Waals surface area contributed by atoms with Crippen molar-refractivity contribution < 1.29 is 29.4 Å². The summed E-state index contributed by atoms with van der Waals surface area (Å²) in [6.07, 6.45) is 2.67. The number of aliphatic hydroxyl groups is 1. The van der Waals surface area contributed by atoms with Crippen LogP contribution in [0.2, 0.25) is 0 Å². The minimum Gasteiger partial charge on any atom is -0.392 e. The second-order valence-electron chi connectivity index (χ2n) is 11.1. The number of hydroxylamine groups is 1. The molecule has 0 unspecified atom stereocenters. The Morgan fingerprint density at radius 2 is 1.47 bits per heavy atom. The van der Waals surface area contributed by atoms with Crippen LogP contribution in [0.4, 0.5) is 0 Å². The van der Waals surface area contributed by atoms with Crippen molar-refractivity contribution in [2.45, 2.75) is 76.7 Å². The SMILES string of the molecule is CN(Cc1ccccc1)C[C@@H]1C[C@H](c2ccc(CO)cc2)O[C@H](c2ccc(CNC(=O)CCCCCC(=O)NO)cc2)O1. The van der Waals surface area contributed by atoms with Gasteiger partial charge in [-0.1, -0.05) is 85.3 Å². The molecule has 4 N–H and O–H groups in total. The fourth-order valence-electron chi connectivity index (χ4n) is 5.23. The zero-order chi connectivity index (χ0) is 30.4. The van der Waals surface area contributed by atoms with Gasteiger partial charge in [0.25, 0.3) is 0 Å². The molecule has 1 aliphatic heterocycles. The Bertz CT molecular complexity index is 1270. The van der Waals surface area contributed by atoms with Crippen LogP contribution in [0.15, 0.2) is 78.9 Å². The second-order valence-corrected chi connectivity index (χ2v) is 11.1. The summed E-state index contributed by atoms with van der Waals surface area (Å²) >= 11 is 0.